The lowest BCUT2D eigenvalue weighted by molar-refractivity contribution is -0.110. The van der Waals surface area contributed by atoms with Gasteiger partial charge in [-0.1, -0.05) is 42.5 Å². The molecule has 3 nitrogen and oxygen atoms in total. The molecule has 0 unspecified atom stereocenters. The standard InChI is InChI=1S/C19H20N2O/c1-3-21(12-15-7-5-4-6-8-15)13-17-16-10-9-14(2)11-18(16)20-19(17)22/h4-11,13H,3,12H2,1-2H3,(H,20,22)/b17-13+. The van der Waals surface area contributed by atoms with Crippen molar-refractivity contribution in [3.8, 4) is 0 Å². The molecule has 1 N–H and O–H groups in total. The van der Waals surface area contributed by atoms with Crippen molar-refractivity contribution in [3.05, 3.63) is 71.4 Å². The van der Waals surface area contributed by atoms with Crippen LogP contribution in [0.4, 0.5) is 5.69 Å². The largest absolute Gasteiger partial charge is 0.373 e. The molecule has 0 saturated carbocycles. The fourth-order valence-electron chi connectivity index (χ4n) is 2.69. The highest BCUT2D eigenvalue weighted by molar-refractivity contribution is 6.31. The third-order valence-corrected chi connectivity index (χ3v) is 3.90. The molecule has 2 aromatic rings. The summed E-state index contributed by atoms with van der Waals surface area (Å²) in [5.74, 6) is -0.0212. The Morgan fingerprint density at radius 3 is 2.64 bits per heavy atom. The van der Waals surface area contributed by atoms with E-state index >= 15 is 0 Å². The van der Waals surface area contributed by atoms with Crippen molar-refractivity contribution < 1.29 is 4.79 Å². The summed E-state index contributed by atoms with van der Waals surface area (Å²) in [5, 5.41) is 2.95. The Morgan fingerprint density at radius 2 is 1.91 bits per heavy atom. The Kier molecular flexibility index (Phi) is 3.96. The van der Waals surface area contributed by atoms with Crippen LogP contribution in [0.5, 0.6) is 0 Å². The number of benzene rings is 2. The Balaban J connectivity index is 1.88. The minimum absolute atomic E-state index is 0.0212. The fraction of sp³-hybridized carbons (Fsp3) is 0.211. The van der Waals surface area contributed by atoms with Crippen LogP contribution in [0, 0.1) is 6.92 Å². The predicted octanol–water partition coefficient (Wildman–Crippen LogP) is 3.81. The molecular weight excluding hydrogens is 272 g/mol. The van der Waals surface area contributed by atoms with Crippen molar-refractivity contribution in [2.45, 2.75) is 20.4 Å². The van der Waals surface area contributed by atoms with Gasteiger partial charge in [0, 0.05) is 30.5 Å². The number of carbonyl (C=O) groups is 1. The Morgan fingerprint density at radius 1 is 1.14 bits per heavy atom. The van der Waals surface area contributed by atoms with Crippen LogP contribution in [-0.2, 0) is 11.3 Å². The second-order valence-electron chi connectivity index (χ2n) is 5.59. The third kappa shape index (κ3) is 2.89. The number of hydrogen-bond donors (Lipinski definition) is 1. The maximum Gasteiger partial charge on any atom is 0.257 e. The third-order valence-electron chi connectivity index (χ3n) is 3.90. The van der Waals surface area contributed by atoms with Gasteiger partial charge in [0.25, 0.3) is 5.91 Å². The molecule has 0 radical (unpaired) electrons. The number of nitrogens with zero attached hydrogens (tertiary/aromatic N) is 1. The summed E-state index contributed by atoms with van der Waals surface area (Å²) < 4.78 is 0. The van der Waals surface area contributed by atoms with Gasteiger partial charge in [0.2, 0.25) is 0 Å². The van der Waals surface area contributed by atoms with Crippen LogP contribution >= 0.6 is 0 Å². The van der Waals surface area contributed by atoms with E-state index in [0.29, 0.717) is 0 Å². The molecule has 0 bridgehead atoms. The summed E-state index contributed by atoms with van der Waals surface area (Å²) in [5.41, 5.74) is 5.03. The number of rotatable bonds is 4. The molecule has 0 fully saturated rings. The molecule has 112 valence electrons. The summed E-state index contributed by atoms with van der Waals surface area (Å²) in [6.07, 6.45) is 1.98. The van der Waals surface area contributed by atoms with E-state index in [1.54, 1.807) is 0 Å². The highest BCUT2D eigenvalue weighted by atomic mass is 16.2. The van der Waals surface area contributed by atoms with Gasteiger partial charge in [-0.2, -0.15) is 0 Å². The van der Waals surface area contributed by atoms with E-state index in [9.17, 15) is 4.79 Å². The van der Waals surface area contributed by atoms with Gasteiger partial charge in [0.15, 0.2) is 0 Å². The molecular formula is C19H20N2O. The molecule has 0 aromatic heterocycles. The van der Waals surface area contributed by atoms with E-state index in [0.717, 1.165) is 35.5 Å². The lowest BCUT2D eigenvalue weighted by Crippen LogP contribution is -2.18. The molecule has 3 rings (SSSR count). The van der Waals surface area contributed by atoms with E-state index in [2.05, 4.69) is 29.3 Å². The first-order valence-electron chi connectivity index (χ1n) is 7.59. The number of aryl methyl sites for hydroxylation is 1. The average molecular weight is 292 g/mol. The molecule has 1 aliphatic rings. The van der Waals surface area contributed by atoms with Crippen LogP contribution in [0.15, 0.2) is 54.7 Å². The number of hydrogen-bond acceptors (Lipinski definition) is 2. The number of nitrogens with one attached hydrogen (secondary N) is 1. The van der Waals surface area contributed by atoms with Gasteiger partial charge in [-0.25, -0.2) is 0 Å². The Bertz CT molecular complexity index is 719. The minimum atomic E-state index is -0.0212. The fourth-order valence-corrected chi connectivity index (χ4v) is 2.69. The van der Waals surface area contributed by atoms with E-state index < -0.39 is 0 Å². The van der Waals surface area contributed by atoms with Gasteiger partial charge in [-0.3, -0.25) is 4.79 Å². The summed E-state index contributed by atoms with van der Waals surface area (Å²) in [7, 11) is 0. The smallest absolute Gasteiger partial charge is 0.257 e. The predicted molar refractivity (Wildman–Crippen MR) is 90.3 cm³/mol. The van der Waals surface area contributed by atoms with Crippen molar-refractivity contribution >= 4 is 17.2 Å². The van der Waals surface area contributed by atoms with Gasteiger partial charge in [-0.05, 0) is 31.0 Å². The number of carbonyl (C=O) groups excluding carboxylic acids is 1. The zero-order valence-corrected chi connectivity index (χ0v) is 13.0. The van der Waals surface area contributed by atoms with Crippen molar-refractivity contribution in [2.75, 3.05) is 11.9 Å². The van der Waals surface area contributed by atoms with Crippen molar-refractivity contribution in [2.24, 2.45) is 0 Å². The molecule has 2 aromatic carbocycles. The Labute approximate surface area is 131 Å². The molecule has 22 heavy (non-hydrogen) atoms. The lowest BCUT2D eigenvalue weighted by Gasteiger charge is -2.19. The average Bonchev–Trinajstić information content (AvgIpc) is 2.82. The van der Waals surface area contributed by atoms with Gasteiger partial charge < -0.3 is 10.2 Å². The summed E-state index contributed by atoms with van der Waals surface area (Å²) in [4.78, 5) is 14.4. The second kappa shape index (κ2) is 6.06. The molecule has 1 amide bonds. The normalized spacial score (nSPS) is 14.8. The second-order valence-corrected chi connectivity index (χ2v) is 5.59. The van der Waals surface area contributed by atoms with Crippen LogP contribution < -0.4 is 5.32 Å². The summed E-state index contributed by atoms with van der Waals surface area (Å²) in [6, 6.07) is 16.4. The van der Waals surface area contributed by atoms with Crippen molar-refractivity contribution in [3.63, 3.8) is 0 Å². The van der Waals surface area contributed by atoms with Gasteiger partial charge in [0.05, 0.1) is 5.57 Å². The van der Waals surface area contributed by atoms with Crippen LogP contribution in [0.25, 0.3) is 5.57 Å². The molecule has 0 aliphatic carbocycles. The highest BCUT2D eigenvalue weighted by Crippen LogP contribution is 2.32. The zero-order valence-electron chi connectivity index (χ0n) is 13.0. The maximum absolute atomic E-state index is 12.2. The first-order valence-corrected chi connectivity index (χ1v) is 7.59. The molecule has 0 spiro atoms. The van der Waals surface area contributed by atoms with E-state index in [1.807, 2.05) is 49.5 Å². The molecule has 3 heteroatoms. The molecule has 0 saturated heterocycles. The van der Waals surface area contributed by atoms with Crippen LogP contribution in [0.3, 0.4) is 0 Å². The quantitative estimate of drug-likeness (QED) is 0.869. The van der Waals surface area contributed by atoms with Crippen molar-refractivity contribution in [1.82, 2.24) is 4.90 Å². The number of fused-ring (bicyclic) bond motifs is 1. The molecule has 1 heterocycles. The minimum Gasteiger partial charge on any atom is -0.373 e. The topological polar surface area (TPSA) is 32.3 Å². The van der Waals surface area contributed by atoms with Gasteiger partial charge in [-0.15, -0.1) is 0 Å². The zero-order chi connectivity index (χ0) is 15.5. The van der Waals surface area contributed by atoms with Crippen LogP contribution in [0.2, 0.25) is 0 Å². The highest BCUT2D eigenvalue weighted by Gasteiger charge is 2.24. The SMILES string of the molecule is CCN(/C=C1/C(=O)Nc2cc(C)ccc21)Cc1ccccc1. The first-order chi connectivity index (χ1) is 10.7. The maximum atomic E-state index is 12.2. The summed E-state index contributed by atoms with van der Waals surface area (Å²) in [6.45, 7) is 5.78. The number of amides is 1. The van der Waals surface area contributed by atoms with E-state index in [1.165, 1.54) is 5.56 Å². The molecule has 0 atom stereocenters. The van der Waals surface area contributed by atoms with Crippen molar-refractivity contribution in [1.29, 1.82) is 0 Å². The lowest BCUT2D eigenvalue weighted by atomic mass is 10.1. The van der Waals surface area contributed by atoms with Gasteiger partial charge >= 0.3 is 0 Å². The van der Waals surface area contributed by atoms with Gasteiger partial charge in [0.1, 0.15) is 0 Å². The molecule has 1 aliphatic heterocycles. The Hall–Kier alpha value is -2.55. The summed E-state index contributed by atoms with van der Waals surface area (Å²) >= 11 is 0. The monoisotopic (exact) mass is 292 g/mol. The van der Waals surface area contributed by atoms with E-state index in [-0.39, 0.29) is 5.91 Å². The van der Waals surface area contributed by atoms with Crippen LogP contribution in [0.1, 0.15) is 23.6 Å². The number of anilines is 1. The first kappa shape index (κ1) is 14.4. The van der Waals surface area contributed by atoms with E-state index in [4.69, 9.17) is 0 Å². The van der Waals surface area contributed by atoms with Crippen LogP contribution in [-0.4, -0.2) is 17.4 Å².